The van der Waals surface area contributed by atoms with Gasteiger partial charge in [0.15, 0.2) is 0 Å². The van der Waals surface area contributed by atoms with E-state index in [4.69, 9.17) is 16.3 Å². The Kier molecular flexibility index (Phi) is 4.34. The Balaban J connectivity index is 2.04. The molecule has 0 saturated heterocycles. The maximum Gasteiger partial charge on any atom is 0.218 e. The quantitative estimate of drug-likeness (QED) is 0.775. The molecule has 0 spiro atoms. The molecular formula is C12H13ClN2OS. The molecule has 0 aliphatic carbocycles. The molecule has 5 heteroatoms. The highest BCUT2D eigenvalue weighted by molar-refractivity contribution is 7.09. The Morgan fingerprint density at radius 3 is 3.00 bits per heavy atom. The lowest BCUT2D eigenvalue weighted by molar-refractivity contribution is 0.295. The predicted octanol–water partition coefficient (Wildman–Crippen LogP) is 3.72. The van der Waals surface area contributed by atoms with Crippen molar-refractivity contribution in [1.29, 1.82) is 0 Å². The summed E-state index contributed by atoms with van der Waals surface area (Å²) in [5, 5.41) is 2.46. The molecule has 90 valence electrons. The van der Waals surface area contributed by atoms with Gasteiger partial charge in [0.05, 0.1) is 0 Å². The third-order valence-electron chi connectivity index (χ3n) is 2.13. The molecule has 0 unspecified atom stereocenters. The Hall–Kier alpha value is -1.13. The van der Waals surface area contributed by atoms with Crippen LogP contribution >= 0.6 is 22.9 Å². The van der Waals surface area contributed by atoms with E-state index in [1.165, 1.54) is 0 Å². The van der Waals surface area contributed by atoms with E-state index in [1.807, 2.05) is 17.5 Å². The number of ether oxygens (including phenoxy) is 1. The number of rotatable bonds is 5. The third-order valence-corrected chi connectivity index (χ3v) is 3.18. The van der Waals surface area contributed by atoms with Crippen LogP contribution in [-0.4, -0.2) is 9.97 Å². The van der Waals surface area contributed by atoms with Gasteiger partial charge in [-0.15, -0.1) is 11.3 Å². The van der Waals surface area contributed by atoms with Crippen molar-refractivity contribution in [3.63, 3.8) is 0 Å². The van der Waals surface area contributed by atoms with Gasteiger partial charge in [0.1, 0.15) is 17.6 Å². The minimum atomic E-state index is 0.435. The molecule has 0 N–H and O–H groups in total. The van der Waals surface area contributed by atoms with Crippen LogP contribution in [0.5, 0.6) is 5.88 Å². The van der Waals surface area contributed by atoms with Crippen molar-refractivity contribution in [2.75, 3.05) is 0 Å². The van der Waals surface area contributed by atoms with Gasteiger partial charge in [-0.1, -0.05) is 24.6 Å². The summed E-state index contributed by atoms with van der Waals surface area (Å²) in [5.41, 5.74) is 0. The van der Waals surface area contributed by atoms with Gasteiger partial charge in [-0.05, 0) is 17.9 Å². The normalized spacial score (nSPS) is 10.5. The first-order valence-electron chi connectivity index (χ1n) is 5.46. The first-order chi connectivity index (χ1) is 8.28. The second-order valence-electron chi connectivity index (χ2n) is 3.56. The lowest BCUT2D eigenvalue weighted by atomic mass is 10.3. The van der Waals surface area contributed by atoms with Gasteiger partial charge in [0.25, 0.3) is 0 Å². The fourth-order valence-corrected chi connectivity index (χ4v) is 2.20. The van der Waals surface area contributed by atoms with Crippen LogP contribution in [0.25, 0.3) is 0 Å². The topological polar surface area (TPSA) is 35.0 Å². The molecule has 0 fully saturated rings. The lowest BCUT2D eigenvalue weighted by Crippen LogP contribution is -2.00. The Morgan fingerprint density at radius 1 is 1.41 bits per heavy atom. The first-order valence-corrected chi connectivity index (χ1v) is 6.72. The molecule has 2 aromatic heterocycles. The summed E-state index contributed by atoms with van der Waals surface area (Å²) in [7, 11) is 0. The minimum absolute atomic E-state index is 0.435. The molecule has 2 heterocycles. The second-order valence-corrected chi connectivity index (χ2v) is 4.98. The highest BCUT2D eigenvalue weighted by Gasteiger charge is 2.04. The van der Waals surface area contributed by atoms with E-state index in [9.17, 15) is 0 Å². The molecule has 0 saturated carbocycles. The second kappa shape index (κ2) is 5.98. The molecule has 0 aliphatic heterocycles. The van der Waals surface area contributed by atoms with Crippen molar-refractivity contribution in [2.45, 2.75) is 26.4 Å². The van der Waals surface area contributed by atoms with E-state index in [0.29, 0.717) is 17.6 Å². The molecule has 3 nitrogen and oxygen atoms in total. The summed E-state index contributed by atoms with van der Waals surface area (Å²) in [4.78, 5) is 9.62. The molecule has 0 aromatic carbocycles. The fourth-order valence-electron chi connectivity index (χ4n) is 1.39. The van der Waals surface area contributed by atoms with Crippen LogP contribution in [-0.2, 0) is 13.0 Å². The lowest BCUT2D eigenvalue weighted by Gasteiger charge is -2.05. The summed E-state index contributed by atoms with van der Waals surface area (Å²) >= 11 is 7.58. The molecule has 2 rings (SSSR count). The van der Waals surface area contributed by atoms with Gasteiger partial charge in [-0.3, -0.25) is 0 Å². The summed E-state index contributed by atoms with van der Waals surface area (Å²) < 4.78 is 5.59. The highest BCUT2D eigenvalue weighted by Crippen LogP contribution is 2.17. The van der Waals surface area contributed by atoms with E-state index in [1.54, 1.807) is 17.4 Å². The molecule has 0 aliphatic rings. The molecule has 0 atom stereocenters. The number of halogens is 1. The number of hydrogen-bond donors (Lipinski definition) is 0. The van der Waals surface area contributed by atoms with Crippen molar-refractivity contribution in [3.8, 4) is 5.88 Å². The maximum absolute atomic E-state index is 5.92. The SMILES string of the molecule is CCCc1nc(Cl)cc(OCc2cccs2)n1. The molecule has 0 bridgehead atoms. The highest BCUT2D eigenvalue weighted by atomic mass is 35.5. The van der Waals surface area contributed by atoms with Crippen LogP contribution in [0.3, 0.4) is 0 Å². The summed E-state index contributed by atoms with van der Waals surface area (Å²) in [6, 6.07) is 5.67. The zero-order chi connectivity index (χ0) is 12.1. The van der Waals surface area contributed by atoms with Crippen molar-refractivity contribution in [2.24, 2.45) is 0 Å². The number of thiophene rings is 1. The average molecular weight is 269 g/mol. The standard InChI is InChI=1S/C12H13ClN2OS/c1-2-4-11-14-10(13)7-12(15-11)16-8-9-5-3-6-17-9/h3,5-7H,2,4,8H2,1H3. The van der Waals surface area contributed by atoms with Crippen LogP contribution in [0, 0.1) is 0 Å². The van der Waals surface area contributed by atoms with Crippen molar-refractivity contribution in [3.05, 3.63) is 39.4 Å². The van der Waals surface area contributed by atoms with E-state index >= 15 is 0 Å². The van der Waals surface area contributed by atoms with Crippen molar-refractivity contribution < 1.29 is 4.74 Å². The van der Waals surface area contributed by atoms with Crippen LogP contribution in [0.15, 0.2) is 23.6 Å². The zero-order valence-corrected chi connectivity index (χ0v) is 11.1. The molecule has 0 radical (unpaired) electrons. The smallest absolute Gasteiger partial charge is 0.218 e. The average Bonchev–Trinajstić information content (AvgIpc) is 2.79. The zero-order valence-electron chi connectivity index (χ0n) is 9.52. The van der Waals surface area contributed by atoms with Crippen LogP contribution in [0.2, 0.25) is 5.15 Å². The number of aromatic nitrogens is 2. The predicted molar refractivity (Wildman–Crippen MR) is 69.7 cm³/mol. The van der Waals surface area contributed by atoms with E-state index in [2.05, 4.69) is 16.9 Å². The molecule has 0 amide bonds. The number of nitrogens with zero attached hydrogens (tertiary/aromatic N) is 2. The molecular weight excluding hydrogens is 256 g/mol. The maximum atomic E-state index is 5.92. The Bertz CT molecular complexity index is 473. The van der Waals surface area contributed by atoms with Crippen LogP contribution in [0.1, 0.15) is 24.0 Å². The number of hydrogen-bond acceptors (Lipinski definition) is 4. The first kappa shape index (κ1) is 12.3. The van der Waals surface area contributed by atoms with Crippen molar-refractivity contribution in [1.82, 2.24) is 9.97 Å². The summed E-state index contributed by atoms with van der Waals surface area (Å²) in [6.07, 6.45) is 1.81. The Labute approximate surface area is 109 Å². The minimum Gasteiger partial charge on any atom is -0.472 e. The third kappa shape index (κ3) is 3.68. The summed E-state index contributed by atoms with van der Waals surface area (Å²) in [6.45, 7) is 2.60. The van der Waals surface area contributed by atoms with Gasteiger partial charge < -0.3 is 4.74 Å². The van der Waals surface area contributed by atoms with Gasteiger partial charge in [0, 0.05) is 17.4 Å². The fraction of sp³-hybridized carbons (Fsp3) is 0.333. The van der Waals surface area contributed by atoms with E-state index < -0.39 is 0 Å². The van der Waals surface area contributed by atoms with Crippen LogP contribution in [0.4, 0.5) is 0 Å². The van der Waals surface area contributed by atoms with E-state index in [-0.39, 0.29) is 0 Å². The molecule has 2 aromatic rings. The number of aryl methyl sites for hydroxylation is 1. The van der Waals surface area contributed by atoms with Gasteiger partial charge in [0.2, 0.25) is 5.88 Å². The van der Waals surface area contributed by atoms with Gasteiger partial charge in [-0.25, -0.2) is 4.98 Å². The van der Waals surface area contributed by atoms with Crippen LogP contribution < -0.4 is 4.74 Å². The van der Waals surface area contributed by atoms with Gasteiger partial charge in [-0.2, -0.15) is 4.98 Å². The summed E-state index contributed by atoms with van der Waals surface area (Å²) in [5.74, 6) is 1.28. The largest absolute Gasteiger partial charge is 0.472 e. The van der Waals surface area contributed by atoms with E-state index in [0.717, 1.165) is 23.5 Å². The monoisotopic (exact) mass is 268 g/mol. The molecule has 17 heavy (non-hydrogen) atoms. The Morgan fingerprint density at radius 2 is 2.29 bits per heavy atom. The van der Waals surface area contributed by atoms with Crippen molar-refractivity contribution >= 4 is 22.9 Å². The van der Waals surface area contributed by atoms with Gasteiger partial charge >= 0.3 is 0 Å².